The molecule has 0 aromatic carbocycles. The van der Waals surface area contributed by atoms with Crippen LogP contribution in [-0.2, 0) is 0 Å². The summed E-state index contributed by atoms with van der Waals surface area (Å²) in [7, 11) is 0. The molecule has 3 atom stereocenters. The molecule has 9 nitrogen and oxygen atoms in total. The number of rotatable bonds is 12. The van der Waals surface area contributed by atoms with Crippen molar-refractivity contribution in [2.75, 3.05) is 0 Å². The fourth-order valence-corrected chi connectivity index (χ4v) is 5.90. The summed E-state index contributed by atoms with van der Waals surface area (Å²) in [4.78, 5) is 40.5. The third kappa shape index (κ3) is 9.59. The van der Waals surface area contributed by atoms with Crippen LogP contribution in [0.4, 0.5) is 0 Å². The molecule has 3 unspecified atom stereocenters. The highest BCUT2D eigenvalue weighted by atomic mass is 16.3. The first-order valence-corrected chi connectivity index (χ1v) is 15.1. The number of hydrogen-bond acceptors (Lipinski definition) is 6. The Hall–Kier alpha value is -3.81. The van der Waals surface area contributed by atoms with E-state index in [1.807, 2.05) is 41.5 Å². The van der Waals surface area contributed by atoms with E-state index in [1.165, 1.54) is 20.8 Å². The lowest BCUT2D eigenvalue weighted by molar-refractivity contribution is -0.0948. The van der Waals surface area contributed by atoms with E-state index in [0.717, 1.165) is 0 Å². The maximum atomic E-state index is 13.6. The number of nitrogens with zero attached hydrogens (tertiary/aromatic N) is 3. The second-order valence-electron chi connectivity index (χ2n) is 13.8. The van der Waals surface area contributed by atoms with Gasteiger partial charge in [-0.25, -0.2) is 14.4 Å². The number of aromatic nitrogens is 3. The van der Waals surface area contributed by atoms with Gasteiger partial charge in [0.1, 0.15) is 16.8 Å². The molecule has 0 fully saturated rings. The summed E-state index contributed by atoms with van der Waals surface area (Å²) in [6.45, 7) is 27.4. The minimum atomic E-state index is -1.82. The van der Waals surface area contributed by atoms with E-state index in [0.29, 0.717) is 33.0 Å². The summed E-state index contributed by atoms with van der Waals surface area (Å²) in [5, 5.41) is 33.4. The molecule has 0 aliphatic heterocycles. The van der Waals surface area contributed by atoms with Crippen LogP contribution < -0.4 is 17.1 Å². The Balaban J connectivity index is 4.25. The van der Waals surface area contributed by atoms with Crippen LogP contribution in [0.3, 0.4) is 0 Å². The van der Waals surface area contributed by atoms with Crippen LogP contribution in [0, 0.1) is 58.6 Å². The molecule has 1 heterocycles. The summed E-state index contributed by atoms with van der Waals surface area (Å²) in [6, 6.07) is 7.25. The molecule has 0 saturated carbocycles. The number of allylic oxidation sites excluding steroid dienone is 3. The average Bonchev–Trinajstić information content (AvgIpc) is 2.86. The van der Waals surface area contributed by atoms with E-state index in [2.05, 4.69) is 55.6 Å². The molecule has 0 aliphatic carbocycles. The van der Waals surface area contributed by atoms with Gasteiger partial charge in [-0.3, -0.25) is 0 Å². The molecule has 0 aliphatic rings. The first kappa shape index (κ1) is 39.2. The van der Waals surface area contributed by atoms with Crippen LogP contribution in [0.2, 0.25) is 0 Å². The lowest BCUT2D eigenvalue weighted by Crippen LogP contribution is -2.54. The standard InChI is InChI=1S/C36H51N3O6/c1-13-16-32(8,9)36(17-14-2,18-15-3)35(12,45)21-24-39-30(41)37(22-19-33(10,43)25-27(4)5)29(40)38(31(39)42)23-20-34(11,44)26-28(6)7/h13-15,27-28,43-45H,1-3,16-18,25-26H2,4-12H3. The van der Waals surface area contributed by atoms with Crippen molar-refractivity contribution in [3.05, 3.63) is 69.4 Å². The molecule has 1 rings (SSSR count). The van der Waals surface area contributed by atoms with E-state index in [1.54, 1.807) is 18.2 Å². The smallest absolute Gasteiger partial charge is 0.360 e. The molecule has 3 N–H and O–H groups in total. The monoisotopic (exact) mass is 621 g/mol. The van der Waals surface area contributed by atoms with Gasteiger partial charge in [-0.2, -0.15) is 13.7 Å². The highest BCUT2D eigenvalue weighted by molar-refractivity contribution is 5.25. The molecule has 0 bridgehead atoms. The molecule has 0 radical (unpaired) electrons. The van der Waals surface area contributed by atoms with Crippen LogP contribution in [0.1, 0.15) is 94.4 Å². The van der Waals surface area contributed by atoms with Crippen LogP contribution >= 0.6 is 0 Å². The number of hydrogen-bond donors (Lipinski definition) is 3. The summed E-state index contributed by atoms with van der Waals surface area (Å²) in [5.41, 5.74) is -10.1. The SMILES string of the molecule is C=CCC(C)(C)C(CC=C)(CC=C)C(C)(O)C#Cn1c(=O)n(C#CC(C)(O)CC(C)C)c(=O)n(C#CC(C)(O)CC(C)C)c1=O. The fourth-order valence-electron chi connectivity index (χ4n) is 5.90. The van der Waals surface area contributed by atoms with E-state index < -0.39 is 44.7 Å². The van der Waals surface area contributed by atoms with Gasteiger partial charge in [-0.15, -0.1) is 19.7 Å². The highest BCUT2D eigenvalue weighted by Crippen LogP contribution is 2.54. The maximum Gasteiger partial charge on any atom is 0.360 e. The van der Waals surface area contributed by atoms with E-state index >= 15 is 0 Å². The Labute approximate surface area is 268 Å². The van der Waals surface area contributed by atoms with Crippen molar-refractivity contribution in [1.29, 1.82) is 0 Å². The minimum absolute atomic E-state index is 0.0514. The molecule has 1 aromatic heterocycles. The zero-order chi connectivity index (χ0) is 35.0. The van der Waals surface area contributed by atoms with Gasteiger partial charge in [0.05, 0.1) is 0 Å². The predicted molar refractivity (Wildman–Crippen MR) is 180 cm³/mol. The van der Waals surface area contributed by atoms with Crippen LogP contribution in [-0.4, -0.2) is 45.8 Å². The Morgan fingerprint density at radius 1 is 0.622 bits per heavy atom. The topological polar surface area (TPSA) is 127 Å². The highest BCUT2D eigenvalue weighted by Gasteiger charge is 2.54. The molecule has 9 heteroatoms. The van der Waals surface area contributed by atoms with Gasteiger partial charge in [0.2, 0.25) is 0 Å². The second kappa shape index (κ2) is 15.0. The third-order valence-electron chi connectivity index (χ3n) is 7.91. The molecule has 0 saturated heterocycles. The van der Waals surface area contributed by atoms with E-state index in [9.17, 15) is 29.7 Å². The van der Waals surface area contributed by atoms with Crippen molar-refractivity contribution >= 4 is 0 Å². The predicted octanol–water partition coefficient (Wildman–Crippen LogP) is 3.68. The van der Waals surface area contributed by atoms with Gasteiger partial charge in [-0.1, -0.05) is 59.8 Å². The fraction of sp³-hybridized carbons (Fsp3) is 0.583. The largest absolute Gasteiger partial charge is 0.378 e. The third-order valence-corrected chi connectivity index (χ3v) is 7.91. The summed E-state index contributed by atoms with van der Waals surface area (Å²) >= 11 is 0. The van der Waals surface area contributed by atoms with Gasteiger partial charge in [0.15, 0.2) is 0 Å². The van der Waals surface area contributed by atoms with Crippen molar-refractivity contribution in [2.24, 2.45) is 22.7 Å². The maximum absolute atomic E-state index is 13.6. The van der Waals surface area contributed by atoms with E-state index in [4.69, 9.17) is 0 Å². The zero-order valence-electron chi connectivity index (χ0n) is 28.5. The Morgan fingerprint density at radius 2 is 0.933 bits per heavy atom. The van der Waals surface area contributed by atoms with Crippen molar-refractivity contribution in [3.8, 4) is 35.9 Å². The van der Waals surface area contributed by atoms with Crippen LogP contribution in [0.5, 0.6) is 0 Å². The minimum Gasteiger partial charge on any atom is -0.378 e. The molecule has 0 spiro atoms. The average molecular weight is 622 g/mol. The van der Waals surface area contributed by atoms with Gasteiger partial charge in [0.25, 0.3) is 0 Å². The van der Waals surface area contributed by atoms with Gasteiger partial charge in [0, 0.05) is 23.5 Å². The van der Waals surface area contributed by atoms with Gasteiger partial charge >= 0.3 is 17.1 Å². The first-order valence-electron chi connectivity index (χ1n) is 15.1. The molecule has 45 heavy (non-hydrogen) atoms. The number of aliphatic hydroxyl groups is 3. The molecule has 246 valence electrons. The van der Waals surface area contributed by atoms with Crippen LogP contribution in [0.25, 0.3) is 0 Å². The summed E-state index contributed by atoms with van der Waals surface area (Å²) < 4.78 is 1.32. The zero-order valence-corrected chi connectivity index (χ0v) is 28.5. The Bertz CT molecular complexity index is 1540. The normalized spacial score (nSPS) is 15.6. The van der Waals surface area contributed by atoms with Gasteiger partial charge < -0.3 is 15.3 Å². The van der Waals surface area contributed by atoms with Crippen molar-refractivity contribution in [3.63, 3.8) is 0 Å². The van der Waals surface area contributed by atoms with Crippen molar-refractivity contribution in [2.45, 2.75) is 111 Å². The Kier molecular flexibility index (Phi) is 13.1. The lowest BCUT2D eigenvalue weighted by Gasteiger charge is -2.52. The first-order chi connectivity index (χ1) is 20.5. The van der Waals surface area contributed by atoms with Gasteiger partial charge in [-0.05, 0) is 87.9 Å². The second-order valence-corrected chi connectivity index (χ2v) is 13.8. The van der Waals surface area contributed by atoms with Crippen molar-refractivity contribution in [1.82, 2.24) is 13.7 Å². The molecular formula is C36H51N3O6. The molecular weight excluding hydrogens is 570 g/mol. The molecule has 1 aromatic rings. The van der Waals surface area contributed by atoms with Crippen molar-refractivity contribution < 1.29 is 15.3 Å². The Morgan fingerprint density at radius 3 is 1.22 bits per heavy atom. The molecule has 0 amide bonds. The summed E-state index contributed by atoms with van der Waals surface area (Å²) in [6.07, 6.45) is 6.70. The quantitative estimate of drug-likeness (QED) is 0.242. The van der Waals surface area contributed by atoms with E-state index in [-0.39, 0.29) is 24.7 Å². The lowest BCUT2D eigenvalue weighted by atomic mass is 9.53. The van der Waals surface area contributed by atoms with Crippen LogP contribution in [0.15, 0.2) is 52.3 Å². The summed E-state index contributed by atoms with van der Waals surface area (Å²) in [5.74, 6) is 7.90.